The van der Waals surface area contributed by atoms with E-state index >= 15 is 0 Å². The highest BCUT2D eigenvalue weighted by Crippen LogP contribution is 2.20. The molecule has 0 aliphatic rings. The Morgan fingerprint density at radius 2 is 2.00 bits per heavy atom. The molecule has 0 spiro atoms. The van der Waals surface area contributed by atoms with Crippen LogP contribution in [0.2, 0.25) is 0 Å². The lowest BCUT2D eigenvalue weighted by Gasteiger charge is -2.27. The van der Waals surface area contributed by atoms with Gasteiger partial charge in [-0.3, -0.25) is 4.90 Å². The molecule has 1 aromatic carbocycles. The fourth-order valence-corrected chi connectivity index (χ4v) is 1.85. The molecule has 2 N–H and O–H groups in total. The van der Waals surface area contributed by atoms with Crippen molar-refractivity contribution in [3.05, 3.63) is 35.4 Å². The SMILES string of the molecule is CCCCN(C)C(CN)c1ccc(F)c(F)c1. The third-order valence-electron chi connectivity index (χ3n) is 2.95. The number of nitrogens with two attached hydrogens (primary N) is 1. The number of hydrogen-bond acceptors (Lipinski definition) is 2. The molecule has 1 atom stereocenters. The number of halogens is 2. The van der Waals surface area contributed by atoms with Crippen LogP contribution in [-0.2, 0) is 0 Å². The molecule has 1 rings (SSSR count). The summed E-state index contributed by atoms with van der Waals surface area (Å²) in [6.07, 6.45) is 2.16. The summed E-state index contributed by atoms with van der Waals surface area (Å²) in [6, 6.07) is 3.92. The van der Waals surface area contributed by atoms with E-state index in [0.29, 0.717) is 6.54 Å². The fraction of sp³-hybridized carbons (Fsp3) is 0.538. The van der Waals surface area contributed by atoms with E-state index in [1.165, 1.54) is 6.07 Å². The Labute approximate surface area is 101 Å². The van der Waals surface area contributed by atoms with Gasteiger partial charge in [0.05, 0.1) is 0 Å². The molecule has 0 aliphatic carbocycles. The van der Waals surface area contributed by atoms with Gasteiger partial charge in [-0.05, 0) is 37.7 Å². The van der Waals surface area contributed by atoms with Crippen molar-refractivity contribution in [2.45, 2.75) is 25.8 Å². The lowest BCUT2D eigenvalue weighted by atomic mass is 10.1. The van der Waals surface area contributed by atoms with Crippen LogP contribution in [0.25, 0.3) is 0 Å². The molecule has 96 valence electrons. The number of unbranched alkanes of at least 4 members (excludes halogenated alkanes) is 1. The summed E-state index contributed by atoms with van der Waals surface area (Å²) in [6.45, 7) is 3.41. The topological polar surface area (TPSA) is 29.3 Å². The number of hydrogen-bond donors (Lipinski definition) is 1. The van der Waals surface area contributed by atoms with Gasteiger partial charge in [0.25, 0.3) is 0 Å². The van der Waals surface area contributed by atoms with Crippen LogP contribution in [0.4, 0.5) is 8.78 Å². The van der Waals surface area contributed by atoms with Gasteiger partial charge in [-0.25, -0.2) is 8.78 Å². The van der Waals surface area contributed by atoms with E-state index in [9.17, 15) is 8.78 Å². The van der Waals surface area contributed by atoms with Crippen LogP contribution in [0.5, 0.6) is 0 Å². The molecule has 0 radical (unpaired) electrons. The highest BCUT2D eigenvalue weighted by Gasteiger charge is 2.16. The van der Waals surface area contributed by atoms with Gasteiger partial charge in [0.1, 0.15) is 0 Å². The highest BCUT2D eigenvalue weighted by molar-refractivity contribution is 5.21. The highest BCUT2D eigenvalue weighted by atomic mass is 19.2. The van der Waals surface area contributed by atoms with Crippen molar-refractivity contribution >= 4 is 0 Å². The number of nitrogens with zero attached hydrogens (tertiary/aromatic N) is 1. The second-order valence-electron chi connectivity index (χ2n) is 4.26. The summed E-state index contributed by atoms with van der Waals surface area (Å²) in [7, 11) is 1.95. The van der Waals surface area contributed by atoms with Gasteiger partial charge in [-0.2, -0.15) is 0 Å². The van der Waals surface area contributed by atoms with Gasteiger partial charge in [0.2, 0.25) is 0 Å². The molecule has 0 bridgehead atoms. The van der Waals surface area contributed by atoms with Crippen LogP contribution in [-0.4, -0.2) is 25.0 Å². The summed E-state index contributed by atoms with van der Waals surface area (Å²) in [4.78, 5) is 2.08. The normalized spacial score (nSPS) is 13.1. The van der Waals surface area contributed by atoms with Crippen LogP contribution in [0.1, 0.15) is 31.4 Å². The second-order valence-corrected chi connectivity index (χ2v) is 4.26. The molecule has 17 heavy (non-hydrogen) atoms. The zero-order valence-corrected chi connectivity index (χ0v) is 10.4. The maximum atomic E-state index is 13.2. The minimum absolute atomic E-state index is 0.0587. The molecule has 0 aromatic heterocycles. The maximum absolute atomic E-state index is 13.2. The first kappa shape index (κ1) is 14.1. The molecule has 0 heterocycles. The van der Waals surface area contributed by atoms with Crippen molar-refractivity contribution in [2.75, 3.05) is 20.1 Å². The van der Waals surface area contributed by atoms with Crippen molar-refractivity contribution < 1.29 is 8.78 Å². The first-order valence-electron chi connectivity index (χ1n) is 5.95. The van der Waals surface area contributed by atoms with Crippen LogP contribution in [0.3, 0.4) is 0 Å². The Morgan fingerprint density at radius 1 is 1.29 bits per heavy atom. The van der Waals surface area contributed by atoms with E-state index < -0.39 is 11.6 Å². The molecule has 1 aromatic rings. The second kappa shape index (κ2) is 6.67. The van der Waals surface area contributed by atoms with Crippen LogP contribution in [0.15, 0.2) is 18.2 Å². The Kier molecular flexibility index (Phi) is 5.51. The van der Waals surface area contributed by atoms with Crippen LogP contribution < -0.4 is 5.73 Å². The summed E-state index contributed by atoms with van der Waals surface area (Å²) in [5.74, 6) is -1.63. The first-order valence-corrected chi connectivity index (χ1v) is 5.95. The molecule has 0 aliphatic heterocycles. The van der Waals surface area contributed by atoms with E-state index in [0.717, 1.165) is 31.0 Å². The van der Waals surface area contributed by atoms with Gasteiger partial charge >= 0.3 is 0 Å². The van der Waals surface area contributed by atoms with E-state index in [4.69, 9.17) is 5.73 Å². The Balaban J connectivity index is 2.81. The zero-order chi connectivity index (χ0) is 12.8. The number of benzene rings is 1. The van der Waals surface area contributed by atoms with Gasteiger partial charge in [0, 0.05) is 12.6 Å². The predicted molar refractivity (Wildman–Crippen MR) is 65.7 cm³/mol. The lowest BCUT2D eigenvalue weighted by molar-refractivity contribution is 0.246. The van der Waals surface area contributed by atoms with Crippen molar-refractivity contribution in [1.82, 2.24) is 4.90 Å². The maximum Gasteiger partial charge on any atom is 0.159 e. The monoisotopic (exact) mass is 242 g/mol. The average molecular weight is 242 g/mol. The third kappa shape index (κ3) is 3.75. The van der Waals surface area contributed by atoms with E-state index in [-0.39, 0.29) is 6.04 Å². The molecular weight excluding hydrogens is 222 g/mol. The Morgan fingerprint density at radius 3 is 2.53 bits per heavy atom. The molecule has 1 unspecified atom stereocenters. The summed E-state index contributed by atoms with van der Waals surface area (Å²) in [5.41, 5.74) is 6.43. The Bertz CT molecular complexity index is 355. The van der Waals surface area contributed by atoms with Crippen molar-refractivity contribution in [3.8, 4) is 0 Å². The van der Waals surface area contributed by atoms with Crippen molar-refractivity contribution in [2.24, 2.45) is 5.73 Å². The summed E-state index contributed by atoms with van der Waals surface area (Å²) in [5, 5.41) is 0. The third-order valence-corrected chi connectivity index (χ3v) is 2.95. The zero-order valence-electron chi connectivity index (χ0n) is 10.4. The molecule has 0 saturated heterocycles. The minimum Gasteiger partial charge on any atom is -0.329 e. The van der Waals surface area contributed by atoms with Gasteiger partial charge < -0.3 is 5.73 Å². The number of rotatable bonds is 6. The van der Waals surface area contributed by atoms with Crippen LogP contribution >= 0.6 is 0 Å². The molecule has 0 amide bonds. The van der Waals surface area contributed by atoms with Gasteiger partial charge in [0.15, 0.2) is 11.6 Å². The smallest absolute Gasteiger partial charge is 0.159 e. The standard InChI is InChI=1S/C13H20F2N2/c1-3-4-7-17(2)13(9-16)10-5-6-11(14)12(15)8-10/h5-6,8,13H,3-4,7,9,16H2,1-2H3. The van der Waals surface area contributed by atoms with E-state index in [2.05, 4.69) is 11.8 Å². The average Bonchev–Trinajstić information content (AvgIpc) is 2.32. The first-order chi connectivity index (χ1) is 8.10. The van der Waals surface area contributed by atoms with Gasteiger partial charge in [-0.15, -0.1) is 0 Å². The number of likely N-dealkylation sites (N-methyl/N-ethyl adjacent to an activating group) is 1. The quantitative estimate of drug-likeness (QED) is 0.831. The molecule has 0 fully saturated rings. The fourth-order valence-electron chi connectivity index (χ4n) is 1.85. The summed E-state index contributed by atoms with van der Waals surface area (Å²) >= 11 is 0. The van der Waals surface area contributed by atoms with Gasteiger partial charge in [-0.1, -0.05) is 19.4 Å². The van der Waals surface area contributed by atoms with Crippen LogP contribution in [0, 0.1) is 11.6 Å². The molecule has 0 saturated carbocycles. The molecule has 4 heteroatoms. The van der Waals surface area contributed by atoms with Crippen molar-refractivity contribution in [3.63, 3.8) is 0 Å². The predicted octanol–water partition coefficient (Wildman–Crippen LogP) is 2.70. The van der Waals surface area contributed by atoms with Crippen molar-refractivity contribution in [1.29, 1.82) is 0 Å². The largest absolute Gasteiger partial charge is 0.329 e. The lowest BCUT2D eigenvalue weighted by Crippen LogP contribution is -2.31. The van der Waals surface area contributed by atoms with E-state index in [1.54, 1.807) is 6.07 Å². The Hall–Kier alpha value is -1.00. The molecule has 2 nitrogen and oxygen atoms in total. The molecular formula is C13H20F2N2. The minimum atomic E-state index is -0.819. The summed E-state index contributed by atoms with van der Waals surface area (Å²) < 4.78 is 26.0. The van der Waals surface area contributed by atoms with E-state index in [1.807, 2.05) is 7.05 Å².